The second-order valence-corrected chi connectivity index (χ2v) is 5.33. The number of rotatable bonds is 3. The molecule has 1 aromatic rings. The lowest BCUT2D eigenvalue weighted by molar-refractivity contribution is 0.0510. The second-order valence-electron chi connectivity index (χ2n) is 4.97. The Morgan fingerprint density at radius 1 is 1.50 bits per heavy atom. The molecular weight excluding hydrogens is 250 g/mol. The monoisotopic (exact) mass is 271 g/mol. The van der Waals surface area contributed by atoms with Gasteiger partial charge in [-0.05, 0) is 19.8 Å². The van der Waals surface area contributed by atoms with Gasteiger partial charge in [0.1, 0.15) is 5.15 Å². The van der Waals surface area contributed by atoms with Crippen LogP contribution in [0.3, 0.4) is 0 Å². The molecule has 0 radical (unpaired) electrons. The third kappa shape index (κ3) is 3.05. The Bertz CT molecular complexity index is 405. The van der Waals surface area contributed by atoms with Crippen LogP contribution in [0.4, 0.5) is 0 Å². The zero-order valence-corrected chi connectivity index (χ0v) is 12.2. The van der Waals surface area contributed by atoms with Crippen LogP contribution in [0.25, 0.3) is 0 Å². The Morgan fingerprint density at radius 2 is 2.28 bits per heavy atom. The molecule has 102 valence electrons. The first kappa shape index (κ1) is 13.8. The maximum absolute atomic E-state index is 6.29. The highest BCUT2D eigenvalue weighted by Crippen LogP contribution is 2.21. The van der Waals surface area contributed by atoms with Crippen LogP contribution in [0.15, 0.2) is 0 Å². The highest BCUT2D eigenvalue weighted by molar-refractivity contribution is 6.30. The predicted molar refractivity (Wildman–Crippen MR) is 72.9 cm³/mol. The van der Waals surface area contributed by atoms with E-state index in [1.54, 1.807) is 4.68 Å². The number of aryl methyl sites for hydroxylation is 2. The van der Waals surface area contributed by atoms with E-state index in [0.717, 1.165) is 55.5 Å². The molecule has 1 aliphatic heterocycles. The van der Waals surface area contributed by atoms with Crippen LogP contribution in [0, 0.1) is 6.92 Å². The summed E-state index contributed by atoms with van der Waals surface area (Å²) < 4.78 is 7.54. The first-order chi connectivity index (χ1) is 8.61. The van der Waals surface area contributed by atoms with Gasteiger partial charge in [0.2, 0.25) is 0 Å². The summed E-state index contributed by atoms with van der Waals surface area (Å²) in [5, 5.41) is 5.12. The SMILES string of the molecule is CCC1CN(Cc2c(C)nn(C)c2Cl)CCCO1. The normalized spacial score (nSPS) is 22.1. The molecule has 2 rings (SSSR count). The van der Waals surface area contributed by atoms with Gasteiger partial charge in [0.25, 0.3) is 0 Å². The van der Waals surface area contributed by atoms with Gasteiger partial charge in [-0.1, -0.05) is 18.5 Å². The summed E-state index contributed by atoms with van der Waals surface area (Å²) in [6.07, 6.45) is 2.51. The number of hydrogen-bond acceptors (Lipinski definition) is 3. The third-order valence-electron chi connectivity index (χ3n) is 3.54. The maximum atomic E-state index is 6.29. The molecule has 5 heteroatoms. The second kappa shape index (κ2) is 6.04. The Kier molecular flexibility index (Phi) is 4.65. The molecule has 1 aliphatic rings. The van der Waals surface area contributed by atoms with Gasteiger partial charge in [-0.25, -0.2) is 0 Å². The van der Waals surface area contributed by atoms with E-state index in [4.69, 9.17) is 16.3 Å². The molecule has 0 aromatic carbocycles. The number of aromatic nitrogens is 2. The van der Waals surface area contributed by atoms with Gasteiger partial charge in [-0.2, -0.15) is 5.10 Å². The van der Waals surface area contributed by atoms with Crippen molar-refractivity contribution in [3.05, 3.63) is 16.4 Å². The molecule has 4 nitrogen and oxygen atoms in total. The van der Waals surface area contributed by atoms with Gasteiger partial charge >= 0.3 is 0 Å². The summed E-state index contributed by atoms with van der Waals surface area (Å²) in [6, 6.07) is 0. The maximum Gasteiger partial charge on any atom is 0.131 e. The van der Waals surface area contributed by atoms with E-state index in [-0.39, 0.29) is 0 Å². The van der Waals surface area contributed by atoms with Crippen molar-refractivity contribution in [3.63, 3.8) is 0 Å². The Balaban J connectivity index is 2.07. The third-order valence-corrected chi connectivity index (χ3v) is 4.01. The molecule has 1 atom stereocenters. The molecule has 0 saturated carbocycles. The lowest BCUT2D eigenvalue weighted by Gasteiger charge is -2.22. The van der Waals surface area contributed by atoms with Gasteiger partial charge in [-0.15, -0.1) is 0 Å². The zero-order chi connectivity index (χ0) is 13.1. The van der Waals surface area contributed by atoms with E-state index in [1.165, 1.54) is 0 Å². The number of halogens is 1. The van der Waals surface area contributed by atoms with Crippen molar-refractivity contribution >= 4 is 11.6 Å². The molecule has 1 unspecified atom stereocenters. The van der Waals surface area contributed by atoms with Crippen molar-refractivity contribution in [2.24, 2.45) is 7.05 Å². The zero-order valence-electron chi connectivity index (χ0n) is 11.4. The van der Waals surface area contributed by atoms with Crippen molar-refractivity contribution in [1.82, 2.24) is 14.7 Å². The Morgan fingerprint density at radius 3 is 2.89 bits per heavy atom. The van der Waals surface area contributed by atoms with Crippen LogP contribution < -0.4 is 0 Å². The molecule has 0 spiro atoms. The summed E-state index contributed by atoms with van der Waals surface area (Å²) in [6.45, 7) is 8.00. The van der Waals surface area contributed by atoms with Crippen molar-refractivity contribution in [1.29, 1.82) is 0 Å². The van der Waals surface area contributed by atoms with Gasteiger partial charge in [0, 0.05) is 38.9 Å². The van der Waals surface area contributed by atoms with Crippen LogP contribution >= 0.6 is 11.6 Å². The molecule has 2 heterocycles. The van der Waals surface area contributed by atoms with Gasteiger partial charge in [-0.3, -0.25) is 9.58 Å². The minimum atomic E-state index is 0.350. The summed E-state index contributed by atoms with van der Waals surface area (Å²) in [7, 11) is 1.89. The first-order valence-corrected chi connectivity index (χ1v) is 7.01. The fraction of sp³-hybridized carbons (Fsp3) is 0.769. The van der Waals surface area contributed by atoms with Gasteiger partial charge in [0.15, 0.2) is 0 Å². The molecule has 18 heavy (non-hydrogen) atoms. The lowest BCUT2D eigenvalue weighted by Crippen LogP contribution is -2.31. The quantitative estimate of drug-likeness (QED) is 0.846. The minimum absolute atomic E-state index is 0.350. The van der Waals surface area contributed by atoms with Crippen molar-refractivity contribution in [2.75, 3.05) is 19.7 Å². The van der Waals surface area contributed by atoms with E-state index in [2.05, 4.69) is 16.9 Å². The molecule has 1 aromatic heterocycles. The lowest BCUT2D eigenvalue weighted by atomic mass is 10.2. The number of hydrogen-bond donors (Lipinski definition) is 0. The van der Waals surface area contributed by atoms with Crippen LogP contribution in [0.5, 0.6) is 0 Å². The standard InChI is InChI=1S/C13H22ClN3O/c1-4-11-8-17(6-5-7-18-11)9-12-10(2)15-16(3)13(12)14/h11H,4-9H2,1-3H3. The molecule has 0 amide bonds. The topological polar surface area (TPSA) is 30.3 Å². The molecule has 1 fully saturated rings. The summed E-state index contributed by atoms with van der Waals surface area (Å²) >= 11 is 6.29. The van der Waals surface area contributed by atoms with Crippen LogP contribution in [0.1, 0.15) is 31.0 Å². The minimum Gasteiger partial charge on any atom is -0.377 e. The summed E-state index contributed by atoms with van der Waals surface area (Å²) in [4.78, 5) is 2.43. The summed E-state index contributed by atoms with van der Waals surface area (Å²) in [5.41, 5.74) is 2.18. The fourth-order valence-electron chi connectivity index (χ4n) is 2.44. The van der Waals surface area contributed by atoms with Crippen LogP contribution in [-0.2, 0) is 18.3 Å². The molecular formula is C13H22ClN3O. The van der Waals surface area contributed by atoms with Crippen LogP contribution in [-0.4, -0.2) is 40.5 Å². The van der Waals surface area contributed by atoms with Gasteiger partial charge < -0.3 is 4.74 Å². The summed E-state index contributed by atoms with van der Waals surface area (Å²) in [5.74, 6) is 0. The average molecular weight is 272 g/mol. The molecule has 0 aliphatic carbocycles. The molecule has 0 N–H and O–H groups in total. The van der Waals surface area contributed by atoms with Crippen molar-refractivity contribution < 1.29 is 4.74 Å². The van der Waals surface area contributed by atoms with Gasteiger partial charge in [0.05, 0.1) is 11.8 Å². The van der Waals surface area contributed by atoms with Crippen molar-refractivity contribution in [2.45, 2.75) is 39.3 Å². The number of nitrogens with zero attached hydrogens (tertiary/aromatic N) is 3. The smallest absolute Gasteiger partial charge is 0.131 e. The van der Waals surface area contributed by atoms with Crippen molar-refractivity contribution in [3.8, 4) is 0 Å². The molecule has 0 bridgehead atoms. The fourth-order valence-corrected chi connectivity index (χ4v) is 2.67. The Labute approximate surface area is 114 Å². The van der Waals surface area contributed by atoms with E-state index in [0.29, 0.717) is 6.10 Å². The predicted octanol–water partition coefficient (Wildman–Crippen LogP) is 2.38. The van der Waals surface area contributed by atoms with E-state index in [1.807, 2.05) is 14.0 Å². The molecule has 1 saturated heterocycles. The van der Waals surface area contributed by atoms with E-state index >= 15 is 0 Å². The largest absolute Gasteiger partial charge is 0.377 e. The highest BCUT2D eigenvalue weighted by atomic mass is 35.5. The van der Waals surface area contributed by atoms with Crippen LogP contribution in [0.2, 0.25) is 5.15 Å². The average Bonchev–Trinajstić information content (AvgIpc) is 2.57. The van der Waals surface area contributed by atoms with E-state index in [9.17, 15) is 0 Å². The Hall–Kier alpha value is -0.580. The highest BCUT2D eigenvalue weighted by Gasteiger charge is 2.20. The number of ether oxygens (including phenoxy) is 1. The first-order valence-electron chi connectivity index (χ1n) is 6.63. The van der Waals surface area contributed by atoms with E-state index < -0.39 is 0 Å².